The van der Waals surface area contributed by atoms with Crippen LogP contribution >= 0.6 is 0 Å². The van der Waals surface area contributed by atoms with Crippen LogP contribution in [0.4, 0.5) is 5.69 Å². The van der Waals surface area contributed by atoms with E-state index in [1.807, 2.05) is 6.92 Å². The van der Waals surface area contributed by atoms with E-state index in [0.29, 0.717) is 29.4 Å². The van der Waals surface area contributed by atoms with E-state index in [0.717, 1.165) is 0 Å². The van der Waals surface area contributed by atoms with Crippen molar-refractivity contribution in [3.63, 3.8) is 0 Å². The highest BCUT2D eigenvalue weighted by atomic mass is 16.5. The van der Waals surface area contributed by atoms with Crippen LogP contribution in [0.3, 0.4) is 0 Å². The van der Waals surface area contributed by atoms with Crippen molar-refractivity contribution in [3.05, 3.63) is 54.1 Å². The van der Waals surface area contributed by atoms with Gasteiger partial charge in [0.05, 0.1) is 19.3 Å². The molecule has 1 amide bonds. The molecule has 0 heterocycles. The lowest BCUT2D eigenvalue weighted by Crippen LogP contribution is -2.29. The largest absolute Gasteiger partial charge is 0.497 e. The second kappa shape index (κ2) is 8.73. The van der Waals surface area contributed by atoms with Gasteiger partial charge in [0.1, 0.15) is 11.5 Å². The summed E-state index contributed by atoms with van der Waals surface area (Å²) in [6.45, 7) is 3.95. The minimum Gasteiger partial charge on any atom is -0.497 e. The van der Waals surface area contributed by atoms with Gasteiger partial charge in [0.25, 0.3) is 5.91 Å². The van der Waals surface area contributed by atoms with E-state index in [9.17, 15) is 9.59 Å². The molecule has 6 heteroatoms. The van der Waals surface area contributed by atoms with Crippen LogP contribution in [-0.4, -0.2) is 31.7 Å². The molecule has 0 bridgehead atoms. The Morgan fingerprint density at radius 3 is 2.16 bits per heavy atom. The highest BCUT2D eigenvalue weighted by molar-refractivity contribution is 5.97. The molecular weight excluding hydrogens is 322 g/mol. The van der Waals surface area contributed by atoms with Crippen molar-refractivity contribution in [2.24, 2.45) is 0 Å². The maximum Gasteiger partial charge on any atom is 0.338 e. The number of nitrogens with one attached hydrogen (secondary N) is 1. The van der Waals surface area contributed by atoms with Gasteiger partial charge in [0, 0.05) is 5.69 Å². The quantitative estimate of drug-likeness (QED) is 0.781. The third-order valence-corrected chi connectivity index (χ3v) is 3.41. The number of carbonyl (C=O) groups is 2. The van der Waals surface area contributed by atoms with Crippen molar-refractivity contribution >= 4 is 17.6 Å². The van der Waals surface area contributed by atoms with Crippen LogP contribution in [0.1, 0.15) is 24.2 Å². The first kappa shape index (κ1) is 18.3. The topological polar surface area (TPSA) is 73.9 Å². The van der Waals surface area contributed by atoms with Crippen LogP contribution < -0.4 is 14.8 Å². The number of hydrogen-bond donors (Lipinski definition) is 1. The molecule has 0 aliphatic heterocycles. The third-order valence-electron chi connectivity index (χ3n) is 3.41. The Balaban J connectivity index is 1.91. The van der Waals surface area contributed by atoms with Gasteiger partial charge in [-0.2, -0.15) is 0 Å². The number of benzene rings is 2. The molecule has 132 valence electrons. The van der Waals surface area contributed by atoms with E-state index in [4.69, 9.17) is 14.2 Å². The average molecular weight is 343 g/mol. The molecule has 0 spiro atoms. The fraction of sp³-hybridized carbons (Fsp3) is 0.263. The Morgan fingerprint density at radius 1 is 1.00 bits per heavy atom. The Labute approximate surface area is 146 Å². The summed E-state index contributed by atoms with van der Waals surface area (Å²) in [6, 6.07) is 13.4. The number of esters is 1. The molecular formula is C19H21NO5. The molecule has 1 atom stereocenters. The summed E-state index contributed by atoms with van der Waals surface area (Å²) in [5.41, 5.74) is 0.947. The van der Waals surface area contributed by atoms with Crippen LogP contribution in [-0.2, 0) is 9.53 Å². The number of ether oxygens (including phenoxy) is 3. The van der Waals surface area contributed by atoms with Gasteiger partial charge in [-0.25, -0.2) is 4.79 Å². The predicted molar refractivity (Wildman–Crippen MR) is 94.1 cm³/mol. The van der Waals surface area contributed by atoms with Crippen molar-refractivity contribution in [1.29, 1.82) is 0 Å². The van der Waals surface area contributed by atoms with Crippen molar-refractivity contribution in [2.75, 3.05) is 19.0 Å². The summed E-state index contributed by atoms with van der Waals surface area (Å²) in [6.07, 6.45) is -0.929. The zero-order chi connectivity index (χ0) is 18.2. The third kappa shape index (κ3) is 5.24. The molecule has 0 saturated carbocycles. The first-order valence-corrected chi connectivity index (χ1v) is 7.92. The SMILES string of the molecule is CCOc1ccc(C(=O)O[C@H](C)C(=O)Nc2ccc(OC)cc2)cc1. The fourth-order valence-electron chi connectivity index (χ4n) is 2.05. The Morgan fingerprint density at radius 2 is 1.60 bits per heavy atom. The minimum atomic E-state index is -0.929. The number of hydrogen-bond acceptors (Lipinski definition) is 5. The molecule has 2 aromatic rings. The number of carbonyl (C=O) groups excluding carboxylic acids is 2. The highest BCUT2D eigenvalue weighted by Crippen LogP contribution is 2.16. The molecule has 0 aliphatic carbocycles. The molecule has 0 saturated heterocycles. The van der Waals surface area contributed by atoms with E-state index in [2.05, 4.69) is 5.32 Å². The van der Waals surface area contributed by atoms with Crippen LogP contribution in [0.25, 0.3) is 0 Å². The molecule has 6 nitrogen and oxygen atoms in total. The highest BCUT2D eigenvalue weighted by Gasteiger charge is 2.19. The maximum atomic E-state index is 12.1. The molecule has 0 aliphatic rings. The van der Waals surface area contributed by atoms with Crippen molar-refractivity contribution in [3.8, 4) is 11.5 Å². The molecule has 0 fully saturated rings. The van der Waals surface area contributed by atoms with Crippen LogP contribution in [0.5, 0.6) is 11.5 Å². The standard InChI is InChI=1S/C19H21NO5/c1-4-24-17-9-5-14(6-10-17)19(22)25-13(2)18(21)20-15-7-11-16(23-3)12-8-15/h5-13H,4H2,1-3H3,(H,20,21)/t13-/m1/s1. The number of rotatable bonds is 7. The second-order valence-corrected chi connectivity index (χ2v) is 5.22. The summed E-state index contributed by atoms with van der Waals surface area (Å²) < 4.78 is 15.6. The van der Waals surface area contributed by atoms with Crippen LogP contribution in [0, 0.1) is 0 Å². The normalized spacial score (nSPS) is 11.3. The molecule has 0 unspecified atom stereocenters. The van der Waals surface area contributed by atoms with Crippen molar-refractivity contribution < 1.29 is 23.8 Å². The predicted octanol–water partition coefficient (Wildman–Crippen LogP) is 3.28. The van der Waals surface area contributed by atoms with Crippen LogP contribution in [0.2, 0.25) is 0 Å². The van der Waals surface area contributed by atoms with Gasteiger partial charge < -0.3 is 19.5 Å². The lowest BCUT2D eigenvalue weighted by atomic mass is 10.2. The van der Waals surface area contributed by atoms with Crippen LogP contribution in [0.15, 0.2) is 48.5 Å². The fourth-order valence-corrected chi connectivity index (χ4v) is 2.05. The molecule has 2 aromatic carbocycles. The van der Waals surface area contributed by atoms with Crippen molar-refractivity contribution in [2.45, 2.75) is 20.0 Å². The van der Waals surface area contributed by atoms with Gasteiger partial charge in [-0.15, -0.1) is 0 Å². The Kier molecular flexibility index (Phi) is 6.39. The van der Waals surface area contributed by atoms with Gasteiger partial charge in [-0.1, -0.05) is 0 Å². The number of anilines is 1. The van der Waals surface area contributed by atoms with E-state index in [1.54, 1.807) is 55.6 Å². The van der Waals surface area contributed by atoms with E-state index in [1.165, 1.54) is 6.92 Å². The van der Waals surface area contributed by atoms with Gasteiger partial charge in [0.2, 0.25) is 0 Å². The monoisotopic (exact) mass is 343 g/mol. The van der Waals surface area contributed by atoms with Gasteiger partial charge >= 0.3 is 5.97 Å². The van der Waals surface area contributed by atoms with E-state index >= 15 is 0 Å². The van der Waals surface area contributed by atoms with E-state index in [-0.39, 0.29) is 0 Å². The smallest absolute Gasteiger partial charge is 0.338 e. The van der Waals surface area contributed by atoms with Gasteiger partial charge in [-0.3, -0.25) is 4.79 Å². The summed E-state index contributed by atoms with van der Waals surface area (Å²) in [4.78, 5) is 24.2. The lowest BCUT2D eigenvalue weighted by Gasteiger charge is -2.14. The van der Waals surface area contributed by atoms with E-state index < -0.39 is 18.0 Å². The minimum absolute atomic E-state index is 0.354. The summed E-state index contributed by atoms with van der Waals surface area (Å²) in [7, 11) is 1.57. The molecule has 0 aromatic heterocycles. The molecule has 2 rings (SSSR count). The number of methoxy groups -OCH3 is 1. The second-order valence-electron chi connectivity index (χ2n) is 5.22. The average Bonchev–Trinajstić information content (AvgIpc) is 2.63. The summed E-state index contributed by atoms with van der Waals surface area (Å²) in [5.74, 6) is 0.377. The zero-order valence-electron chi connectivity index (χ0n) is 14.4. The molecule has 1 N–H and O–H groups in total. The maximum absolute atomic E-state index is 12.1. The van der Waals surface area contributed by atoms with Gasteiger partial charge in [-0.05, 0) is 62.4 Å². The Bertz CT molecular complexity index is 710. The number of amides is 1. The molecule has 0 radical (unpaired) electrons. The first-order valence-electron chi connectivity index (χ1n) is 7.92. The molecule has 25 heavy (non-hydrogen) atoms. The Hall–Kier alpha value is -3.02. The zero-order valence-corrected chi connectivity index (χ0v) is 14.4. The summed E-state index contributed by atoms with van der Waals surface area (Å²) >= 11 is 0. The summed E-state index contributed by atoms with van der Waals surface area (Å²) in [5, 5.41) is 2.68. The first-order chi connectivity index (χ1) is 12.0. The lowest BCUT2D eigenvalue weighted by molar-refractivity contribution is -0.123. The van der Waals surface area contributed by atoms with Crippen molar-refractivity contribution in [1.82, 2.24) is 0 Å². The van der Waals surface area contributed by atoms with Gasteiger partial charge in [0.15, 0.2) is 6.10 Å².